The number of aromatic nitrogens is 2. The number of halogens is 1. The molecule has 0 spiro atoms. The maximum atomic E-state index is 10.1. The van der Waals surface area contributed by atoms with Crippen LogP contribution in [0.4, 0.5) is 0 Å². The van der Waals surface area contributed by atoms with Gasteiger partial charge in [-0.2, -0.15) is 0 Å². The fraction of sp³-hybridized carbons (Fsp3) is 0.562. The molecule has 0 saturated carbocycles. The highest BCUT2D eigenvalue weighted by molar-refractivity contribution is 9.10. The Morgan fingerprint density at radius 2 is 1.95 bits per heavy atom. The maximum Gasteiger partial charge on any atom is 0.141 e. The fourth-order valence-electron chi connectivity index (χ4n) is 2.22. The van der Waals surface area contributed by atoms with Crippen LogP contribution in [-0.4, -0.2) is 25.0 Å². The second kappa shape index (κ2) is 6.51. The number of hydrogen-bond acceptors (Lipinski definition) is 4. The average molecular weight is 386 g/mol. The Labute approximate surface area is 145 Å². The van der Waals surface area contributed by atoms with E-state index in [0.717, 1.165) is 22.2 Å². The minimum Gasteiger partial charge on any atom is -0.389 e. The predicted molar refractivity (Wildman–Crippen MR) is 97.9 cm³/mol. The molecule has 0 unspecified atom stereocenters. The first-order chi connectivity index (χ1) is 10.1. The van der Waals surface area contributed by atoms with Crippen LogP contribution in [-0.2, 0) is 13.1 Å². The topological polar surface area (TPSA) is 50.1 Å². The van der Waals surface area contributed by atoms with Gasteiger partial charge in [0.2, 0.25) is 0 Å². The lowest BCUT2D eigenvalue weighted by atomic mass is 10.1. The van der Waals surface area contributed by atoms with Gasteiger partial charge in [-0.1, -0.05) is 11.9 Å². The normalized spacial score (nSPS) is 13.0. The highest BCUT2D eigenvalue weighted by Crippen LogP contribution is 2.26. The van der Waals surface area contributed by atoms with Crippen molar-refractivity contribution in [2.45, 2.75) is 58.1 Å². The Kier molecular flexibility index (Phi) is 5.27. The van der Waals surface area contributed by atoms with Crippen LogP contribution in [0, 0.1) is 0 Å². The van der Waals surface area contributed by atoms with Gasteiger partial charge in [0.1, 0.15) is 10.3 Å². The number of aliphatic hydroxyl groups is 1. The summed E-state index contributed by atoms with van der Waals surface area (Å²) in [6, 6.07) is 4.03. The molecule has 0 radical (unpaired) electrons. The molecule has 0 aliphatic carbocycles. The highest BCUT2D eigenvalue weighted by atomic mass is 79.9. The minimum atomic E-state index is -0.777. The van der Waals surface area contributed by atoms with Gasteiger partial charge in [0.15, 0.2) is 0 Å². The van der Waals surface area contributed by atoms with E-state index in [1.807, 2.05) is 24.5 Å². The molecule has 122 valence electrons. The van der Waals surface area contributed by atoms with Crippen LogP contribution in [0.15, 0.2) is 22.9 Å². The molecule has 2 N–H and O–H groups in total. The number of pyridine rings is 1. The van der Waals surface area contributed by atoms with Crippen LogP contribution in [0.5, 0.6) is 0 Å². The SMILES string of the molecule is CC(C)(O)Cn1cc(CNSC(C)(C)C)c2ccc(Br)nc21. The zero-order valence-electron chi connectivity index (χ0n) is 13.8. The summed E-state index contributed by atoms with van der Waals surface area (Å²) in [6.45, 7) is 11.4. The smallest absolute Gasteiger partial charge is 0.141 e. The van der Waals surface area contributed by atoms with Gasteiger partial charge in [-0.3, -0.25) is 4.72 Å². The van der Waals surface area contributed by atoms with Crippen molar-refractivity contribution in [3.05, 3.63) is 28.5 Å². The standard InChI is InChI=1S/C16H24BrN3OS/c1-15(2,3)22-18-8-11-9-20(10-16(4,5)21)14-12(11)6-7-13(17)19-14/h6-7,9,18,21H,8,10H2,1-5H3. The summed E-state index contributed by atoms with van der Waals surface area (Å²) in [5, 5.41) is 11.2. The third-order valence-electron chi connectivity index (χ3n) is 2.97. The molecule has 0 aliphatic heterocycles. The van der Waals surface area contributed by atoms with Crippen molar-refractivity contribution in [2.75, 3.05) is 0 Å². The molecular formula is C16H24BrN3OS. The molecule has 0 aromatic carbocycles. The number of nitrogens with one attached hydrogen (secondary N) is 1. The molecule has 2 heterocycles. The van der Waals surface area contributed by atoms with Gasteiger partial charge < -0.3 is 9.67 Å². The van der Waals surface area contributed by atoms with Crippen LogP contribution in [0.1, 0.15) is 40.2 Å². The molecule has 0 saturated heterocycles. The van der Waals surface area contributed by atoms with Crippen molar-refractivity contribution in [3.63, 3.8) is 0 Å². The lowest BCUT2D eigenvalue weighted by Gasteiger charge is -2.18. The Morgan fingerprint density at radius 1 is 1.27 bits per heavy atom. The highest BCUT2D eigenvalue weighted by Gasteiger charge is 2.18. The first kappa shape index (κ1) is 17.8. The van der Waals surface area contributed by atoms with E-state index in [1.54, 1.807) is 11.9 Å². The minimum absolute atomic E-state index is 0.173. The lowest BCUT2D eigenvalue weighted by molar-refractivity contribution is 0.0626. The van der Waals surface area contributed by atoms with E-state index in [4.69, 9.17) is 0 Å². The summed E-state index contributed by atoms with van der Waals surface area (Å²) in [4.78, 5) is 4.57. The quantitative estimate of drug-likeness (QED) is 0.600. The predicted octanol–water partition coefficient (Wildman–Crippen LogP) is 4.11. The van der Waals surface area contributed by atoms with Crippen molar-refractivity contribution in [1.29, 1.82) is 0 Å². The number of rotatable bonds is 5. The molecule has 0 fully saturated rings. The van der Waals surface area contributed by atoms with Crippen molar-refractivity contribution in [1.82, 2.24) is 14.3 Å². The van der Waals surface area contributed by atoms with Gasteiger partial charge in [-0.05, 0) is 68.2 Å². The molecular weight excluding hydrogens is 362 g/mol. The summed E-state index contributed by atoms with van der Waals surface area (Å²) >= 11 is 5.15. The molecule has 2 rings (SSSR count). The van der Waals surface area contributed by atoms with E-state index in [-0.39, 0.29) is 4.75 Å². The van der Waals surface area contributed by atoms with Crippen molar-refractivity contribution >= 4 is 38.9 Å². The van der Waals surface area contributed by atoms with Gasteiger partial charge in [-0.25, -0.2) is 4.98 Å². The summed E-state index contributed by atoms with van der Waals surface area (Å²) < 4.78 is 6.43. The molecule has 22 heavy (non-hydrogen) atoms. The van der Waals surface area contributed by atoms with Crippen molar-refractivity contribution < 1.29 is 5.11 Å². The first-order valence-electron chi connectivity index (χ1n) is 7.33. The largest absolute Gasteiger partial charge is 0.389 e. The Morgan fingerprint density at radius 3 is 2.55 bits per heavy atom. The molecule has 2 aromatic rings. The van der Waals surface area contributed by atoms with E-state index in [2.05, 4.69) is 58.7 Å². The fourth-order valence-corrected chi connectivity index (χ4v) is 3.18. The number of hydrogen-bond donors (Lipinski definition) is 2. The second-order valence-electron chi connectivity index (χ2n) is 7.14. The molecule has 2 aromatic heterocycles. The van der Waals surface area contributed by atoms with E-state index >= 15 is 0 Å². The zero-order chi connectivity index (χ0) is 16.5. The number of fused-ring (bicyclic) bond motifs is 1. The first-order valence-corrected chi connectivity index (χ1v) is 8.94. The van der Waals surface area contributed by atoms with E-state index in [9.17, 15) is 5.11 Å². The summed E-state index contributed by atoms with van der Waals surface area (Å²) in [6.07, 6.45) is 2.08. The third-order valence-corrected chi connectivity index (χ3v) is 4.31. The average Bonchev–Trinajstić information content (AvgIpc) is 2.63. The van der Waals surface area contributed by atoms with E-state index in [0.29, 0.717) is 6.54 Å². The van der Waals surface area contributed by atoms with Crippen LogP contribution in [0.25, 0.3) is 11.0 Å². The van der Waals surface area contributed by atoms with Gasteiger partial charge in [0, 0.05) is 22.9 Å². The van der Waals surface area contributed by atoms with Crippen LogP contribution < -0.4 is 4.72 Å². The van der Waals surface area contributed by atoms with Crippen molar-refractivity contribution in [2.24, 2.45) is 0 Å². The molecule has 6 heteroatoms. The van der Waals surface area contributed by atoms with Crippen LogP contribution in [0.2, 0.25) is 0 Å². The molecule has 0 atom stereocenters. The van der Waals surface area contributed by atoms with Gasteiger partial charge in [-0.15, -0.1) is 0 Å². The van der Waals surface area contributed by atoms with Gasteiger partial charge in [0.05, 0.1) is 12.1 Å². The van der Waals surface area contributed by atoms with Crippen LogP contribution >= 0.6 is 27.9 Å². The number of nitrogens with zero attached hydrogens (tertiary/aromatic N) is 2. The Bertz CT molecular complexity index is 656. The maximum absolute atomic E-state index is 10.1. The zero-order valence-corrected chi connectivity index (χ0v) is 16.2. The molecule has 0 amide bonds. The van der Waals surface area contributed by atoms with E-state index in [1.165, 1.54) is 5.56 Å². The Hall–Kier alpha value is -0.560. The lowest BCUT2D eigenvalue weighted by Crippen LogP contribution is -2.25. The summed E-state index contributed by atoms with van der Waals surface area (Å²) in [5.41, 5.74) is 1.31. The monoisotopic (exact) mass is 385 g/mol. The third kappa shape index (κ3) is 4.98. The van der Waals surface area contributed by atoms with Gasteiger partial charge in [0.25, 0.3) is 0 Å². The second-order valence-corrected chi connectivity index (χ2v) is 9.67. The van der Waals surface area contributed by atoms with Gasteiger partial charge >= 0.3 is 0 Å². The van der Waals surface area contributed by atoms with Crippen LogP contribution in [0.3, 0.4) is 0 Å². The van der Waals surface area contributed by atoms with E-state index < -0.39 is 5.60 Å². The summed E-state index contributed by atoms with van der Waals surface area (Å²) in [7, 11) is 0. The summed E-state index contributed by atoms with van der Waals surface area (Å²) in [5.74, 6) is 0. The molecule has 4 nitrogen and oxygen atoms in total. The Balaban J connectivity index is 2.30. The molecule has 0 aliphatic rings. The molecule has 0 bridgehead atoms. The van der Waals surface area contributed by atoms with Crippen molar-refractivity contribution in [3.8, 4) is 0 Å².